The Morgan fingerprint density at radius 2 is 1.65 bits per heavy atom. The Balaban J connectivity index is 1.86. The highest BCUT2D eigenvalue weighted by molar-refractivity contribution is 9.10. The van der Waals surface area contributed by atoms with Gasteiger partial charge in [0.25, 0.3) is 0 Å². The van der Waals surface area contributed by atoms with Crippen molar-refractivity contribution in [2.75, 3.05) is 0 Å². The fraction of sp³-hybridized carbons (Fsp3) is 0.182. The molecule has 3 aromatic carbocycles. The normalized spacial score (nSPS) is 15.8. The van der Waals surface area contributed by atoms with Crippen molar-refractivity contribution in [3.63, 3.8) is 0 Å². The molecule has 0 heterocycles. The third-order valence-corrected chi connectivity index (χ3v) is 6.08. The summed E-state index contributed by atoms with van der Waals surface area (Å²) in [7, 11) is 0. The van der Waals surface area contributed by atoms with Crippen LogP contribution in [0.5, 0.6) is 0 Å². The molecule has 0 amide bonds. The second-order valence-corrected chi connectivity index (χ2v) is 8.08. The Morgan fingerprint density at radius 3 is 2.52 bits per heavy atom. The molecule has 112 valence electrons. The van der Waals surface area contributed by atoms with Gasteiger partial charge in [0.1, 0.15) is 0 Å². The van der Waals surface area contributed by atoms with E-state index in [2.05, 4.69) is 84.4 Å². The van der Waals surface area contributed by atoms with E-state index >= 15 is 0 Å². The highest BCUT2D eigenvalue weighted by Gasteiger charge is 2.38. The Bertz CT molecular complexity index is 979. The molecule has 0 saturated carbocycles. The van der Waals surface area contributed by atoms with Gasteiger partial charge in [-0.25, -0.2) is 0 Å². The van der Waals surface area contributed by atoms with Crippen LogP contribution in [0.25, 0.3) is 22.3 Å². The van der Waals surface area contributed by atoms with Crippen LogP contribution in [0.1, 0.15) is 36.1 Å². The lowest BCUT2D eigenvalue weighted by molar-refractivity contribution is 0.660. The lowest BCUT2D eigenvalue weighted by Crippen LogP contribution is -2.14. The molecule has 5 rings (SSSR count). The van der Waals surface area contributed by atoms with Gasteiger partial charge in [0.05, 0.1) is 0 Å². The van der Waals surface area contributed by atoms with Gasteiger partial charge in [-0.3, -0.25) is 0 Å². The molecule has 0 N–H and O–H groups in total. The zero-order valence-electron chi connectivity index (χ0n) is 13.3. The predicted molar refractivity (Wildman–Crippen MR) is 99.9 cm³/mol. The van der Waals surface area contributed by atoms with Crippen molar-refractivity contribution in [1.29, 1.82) is 0 Å². The van der Waals surface area contributed by atoms with E-state index in [1.54, 1.807) is 0 Å². The number of hydrogen-bond acceptors (Lipinski definition) is 0. The molecule has 0 aliphatic heterocycles. The predicted octanol–water partition coefficient (Wildman–Crippen LogP) is 6.33. The Labute approximate surface area is 145 Å². The molecule has 23 heavy (non-hydrogen) atoms. The van der Waals surface area contributed by atoms with Gasteiger partial charge >= 0.3 is 0 Å². The zero-order chi connectivity index (χ0) is 15.8. The van der Waals surface area contributed by atoms with Crippen molar-refractivity contribution < 1.29 is 0 Å². The van der Waals surface area contributed by atoms with E-state index in [1.165, 1.54) is 44.5 Å². The Morgan fingerprint density at radius 1 is 0.826 bits per heavy atom. The molecule has 0 fully saturated rings. The van der Waals surface area contributed by atoms with E-state index in [0.717, 1.165) is 10.9 Å². The van der Waals surface area contributed by atoms with Gasteiger partial charge in [-0.2, -0.15) is 0 Å². The maximum absolute atomic E-state index is 3.62. The fourth-order valence-corrected chi connectivity index (χ4v) is 4.81. The number of benzene rings is 3. The van der Waals surface area contributed by atoms with Gasteiger partial charge in [-0.05, 0) is 63.1 Å². The first kappa shape index (κ1) is 13.6. The van der Waals surface area contributed by atoms with Crippen LogP contribution in [0, 0.1) is 0 Å². The van der Waals surface area contributed by atoms with E-state index < -0.39 is 0 Å². The van der Waals surface area contributed by atoms with Crippen LogP contribution >= 0.6 is 15.9 Å². The minimum Gasteiger partial charge on any atom is -0.0619 e. The Kier molecular flexibility index (Phi) is 2.57. The smallest absolute Gasteiger partial charge is 0.0181 e. The van der Waals surface area contributed by atoms with Crippen molar-refractivity contribution in [3.8, 4) is 22.3 Å². The molecule has 2 aliphatic carbocycles. The molecule has 2 aliphatic rings. The maximum Gasteiger partial charge on any atom is 0.0181 e. The molecule has 0 aromatic heterocycles. The fourth-order valence-electron chi connectivity index (χ4n) is 4.45. The molecule has 0 radical (unpaired) electrons. The van der Waals surface area contributed by atoms with Crippen molar-refractivity contribution in [2.45, 2.75) is 25.7 Å². The van der Waals surface area contributed by atoms with Crippen LogP contribution in [0.2, 0.25) is 0 Å². The minimum absolute atomic E-state index is 0.0936. The second-order valence-electron chi connectivity index (χ2n) is 7.16. The van der Waals surface area contributed by atoms with Crippen LogP contribution in [0.4, 0.5) is 0 Å². The van der Waals surface area contributed by atoms with E-state index in [0.29, 0.717) is 0 Å². The molecule has 0 spiro atoms. The van der Waals surface area contributed by atoms with Crippen molar-refractivity contribution in [1.82, 2.24) is 0 Å². The summed E-state index contributed by atoms with van der Waals surface area (Å²) in [5.74, 6) is 0. The van der Waals surface area contributed by atoms with Gasteiger partial charge in [0.2, 0.25) is 0 Å². The monoisotopic (exact) mass is 360 g/mol. The van der Waals surface area contributed by atoms with E-state index in [4.69, 9.17) is 0 Å². The van der Waals surface area contributed by atoms with Crippen molar-refractivity contribution >= 4 is 15.9 Å². The number of rotatable bonds is 0. The van der Waals surface area contributed by atoms with Crippen LogP contribution in [0.3, 0.4) is 0 Å². The third-order valence-electron chi connectivity index (χ3n) is 5.59. The zero-order valence-corrected chi connectivity index (χ0v) is 14.9. The van der Waals surface area contributed by atoms with Crippen molar-refractivity contribution in [2.24, 2.45) is 0 Å². The summed E-state index contributed by atoms with van der Waals surface area (Å²) < 4.78 is 1.16. The van der Waals surface area contributed by atoms with Gasteiger partial charge in [0, 0.05) is 9.89 Å². The lowest BCUT2D eigenvalue weighted by Gasteiger charge is -2.21. The van der Waals surface area contributed by atoms with Crippen LogP contribution < -0.4 is 0 Å². The molecule has 1 heteroatoms. The molecule has 0 unspecified atom stereocenters. The third kappa shape index (κ3) is 1.66. The summed E-state index contributed by atoms with van der Waals surface area (Å²) in [5.41, 5.74) is 11.7. The Hall–Kier alpha value is -1.86. The molecule has 0 atom stereocenters. The average molecular weight is 361 g/mol. The van der Waals surface area contributed by atoms with E-state index in [-0.39, 0.29) is 5.41 Å². The molecular formula is C22H17Br. The van der Waals surface area contributed by atoms with Gasteiger partial charge in [0.15, 0.2) is 0 Å². The maximum atomic E-state index is 3.62. The first-order valence-electron chi connectivity index (χ1n) is 8.12. The number of fused-ring (bicyclic) bond motifs is 7. The summed E-state index contributed by atoms with van der Waals surface area (Å²) in [6, 6.07) is 20.3. The van der Waals surface area contributed by atoms with Crippen LogP contribution in [0.15, 0.2) is 59.1 Å². The van der Waals surface area contributed by atoms with Gasteiger partial charge < -0.3 is 0 Å². The largest absolute Gasteiger partial charge is 0.0619 e. The van der Waals surface area contributed by atoms with Crippen LogP contribution in [-0.2, 0) is 11.8 Å². The second kappa shape index (κ2) is 4.36. The molecule has 0 nitrogen and oxygen atoms in total. The lowest BCUT2D eigenvalue weighted by atomic mass is 9.82. The SMILES string of the molecule is CC1(C)c2ccccc2-c2c1ccc1c2Cc2ccc(Br)cc2-1. The molecule has 0 bridgehead atoms. The first-order valence-corrected chi connectivity index (χ1v) is 8.92. The van der Waals surface area contributed by atoms with Gasteiger partial charge in [-0.1, -0.05) is 72.2 Å². The number of halogens is 1. The van der Waals surface area contributed by atoms with E-state index in [9.17, 15) is 0 Å². The summed E-state index contributed by atoms with van der Waals surface area (Å²) in [6.07, 6.45) is 1.05. The average Bonchev–Trinajstić information content (AvgIpc) is 3.02. The molecule has 3 aromatic rings. The summed E-state index contributed by atoms with van der Waals surface area (Å²) in [4.78, 5) is 0. The minimum atomic E-state index is 0.0936. The molecular weight excluding hydrogens is 344 g/mol. The summed E-state index contributed by atoms with van der Waals surface area (Å²) in [5, 5.41) is 0. The molecule has 0 saturated heterocycles. The topological polar surface area (TPSA) is 0 Å². The first-order chi connectivity index (χ1) is 11.1. The van der Waals surface area contributed by atoms with Gasteiger partial charge in [-0.15, -0.1) is 0 Å². The quantitative estimate of drug-likeness (QED) is 0.343. The summed E-state index contributed by atoms with van der Waals surface area (Å²) >= 11 is 3.62. The standard InChI is InChI=1S/C22H17Br/c1-22(2)19-6-4-3-5-16(19)21-18-11-13-7-8-14(23)12-17(13)15(18)9-10-20(21)22/h3-10,12H,11H2,1-2H3. The van der Waals surface area contributed by atoms with E-state index in [1.807, 2.05) is 0 Å². The van der Waals surface area contributed by atoms with Crippen molar-refractivity contribution in [3.05, 3.63) is 81.3 Å². The highest BCUT2D eigenvalue weighted by atomic mass is 79.9. The van der Waals surface area contributed by atoms with Crippen LogP contribution in [-0.4, -0.2) is 0 Å². The highest BCUT2D eigenvalue weighted by Crippen LogP contribution is 2.54. The summed E-state index contributed by atoms with van der Waals surface area (Å²) in [6.45, 7) is 4.70. The number of hydrogen-bond donors (Lipinski definition) is 0.